The third-order valence-electron chi connectivity index (χ3n) is 4.78. The van der Waals surface area contributed by atoms with Crippen LogP contribution in [-0.2, 0) is 15.1 Å². The Morgan fingerprint density at radius 2 is 2.07 bits per heavy atom. The summed E-state index contributed by atoms with van der Waals surface area (Å²) in [6.45, 7) is 7.88. The second-order valence-corrected chi connectivity index (χ2v) is 7.92. The number of H-pyrrole nitrogens is 1. The molecule has 148 valence electrons. The minimum atomic E-state index is -0.270. The molecule has 0 aromatic carbocycles. The molecule has 0 unspecified atom stereocenters. The lowest BCUT2D eigenvalue weighted by atomic mass is 10.0. The van der Waals surface area contributed by atoms with Gasteiger partial charge in [0.2, 0.25) is 11.9 Å². The number of aromatic nitrogens is 4. The highest BCUT2D eigenvalue weighted by atomic mass is 16.5. The van der Waals surface area contributed by atoms with E-state index in [1.165, 1.54) is 0 Å². The number of piperidine rings is 1. The molecular weight excluding hydrogens is 348 g/mol. The van der Waals surface area contributed by atoms with Crippen LogP contribution < -0.4 is 10.9 Å². The van der Waals surface area contributed by atoms with Crippen LogP contribution in [0.4, 0.5) is 5.95 Å². The second kappa shape index (κ2) is 7.67. The quantitative estimate of drug-likeness (QED) is 0.815. The molecule has 3 heterocycles. The number of fused-ring (bicyclic) bond motifs is 1. The molecule has 3 rings (SSSR count). The normalized spacial score (nSPS) is 16.1. The van der Waals surface area contributed by atoms with Crippen molar-refractivity contribution < 1.29 is 9.53 Å². The number of carbonyl (C=O) groups excluding carboxylic acids is 1. The van der Waals surface area contributed by atoms with E-state index in [2.05, 4.69) is 20.4 Å². The third kappa shape index (κ3) is 4.29. The number of amides is 1. The predicted octanol–water partition coefficient (Wildman–Crippen LogP) is 1.31. The standard InChI is InChI=1S/C18H28N6O3/c1-18(2,3)24-15-13(11-19-24)16(26)22-17(21-15)20-12-5-8-23(9-6-12)14(25)7-10-27-4/h11-12H,5-10H2,1-4H3,(H2,20,21,22,26). The lowest BCUT2D eigenvalue weighted by Crippen LogP contribution is -2.43. The van der Waals surface area contributed by atoms with Gasteiger partial charge in [-0.25, -0.2) is 4.68 Å². The van der Waals surface area contributed by atoms with E-state index in [0.717, 1.165) is 12.8 Å². The highest BCUT2D eigenvalue weighted by molar-refractivity contribution is 5.76. The molecule has 0 spiro atoms. The van der Waals surface area contributed by atoms with E-state index in [9.17, 15) is 9.59 Å². The SMILES string of the molecule is COCCC(=O)N1CCC(Nc2nc3c(cnn3C(C)(C)C)c(=O)[nH]2)CC1. The number of anilines is 1. The van der Waals surface area contributed by atoms with Crippen molar-refractivity contribution in [3.63, 3.8) is 0 Å². The van der Waals surface area contributed by atoms with Crippen LogP contribution >= 0.6 is 0 Å². The molecule has 2 N–H and O–H groups in total. The van der Waals surface area contributed by atoms with E-state index in [0.29, 0.717) is 43.1 Å². The topological polar surface area (TPSA) is 105 Å². The van der Waals surface area contributed by atoms with Crippen LogP contribution in [0.5, 0.6) is 0 Å². The first-order chi connectivity index (χ1) is 12.8. The first-order valence-corrected chi connectivity index (χ1v) is 9.31. The summed E-state index contributed by atoms with van der Waals surface area (Å²) < 4.78 is 6.73. The molecule has 9 nitrogen and oxygen atoms in total. The van der Waals surface area contributed by atoms with Gasteiger partial charge in [0.25, 0.3) is 5.56 Å². The summed E-state index contributed by atoms with van der Waals surface area (Å²) in [5.41, 5.74) is 0.0966. The van der Waals surface area contributed by atoms with Gasteiger partial charge >= 0.3 is 0 Å². The number of nitrogens with one attached hydrogen (secondary N) is 2. The predicted molar refractivity (Wildman–Crippen MR) is 103 cm³/mol. The van der Waals surface area contributed by atoms with E-state index < -0.39 is 0 Å². The number of ether oxygens (including phenoxy) is 1. The van der Waals surface area contributed by atoms with Crippen LogP contribution in [0.1, 0.15) is 40.0 Å². The first-order valence-electron chi connectivity index (χ1n) is 9.31. The zero-order valence-electron chi connectivity index (χ0n) is 16.4. The van der Waals surface area contributed by atoms with Gasteiger partial charge in [-0.05, 0) is 33.6 Å². The fraction of sp³-hybridized carbons (Fsp3) is 0.667. The number of likely N-dealkylation sites (tertiary alicyclic amines) is 1. The van der Waals surface area contributed by atoms with Crippen molar-refractivity contribution in [3.8, 4) is 0 Å². The van der Waals surface area contributed by atoms with E-state index in [1.807, 2.05) is 25.7 Å². The minimum absolute atomic E-state index is 0.123. The first kappa shape index (κ1) is 19.3. The average molecular weight is 376 g/mol. The highest BCUT2D eigenvalue weighted by Gasteiger charge is 2.24. The monoisotopic (exact) mass is 376 g/mol. The highest BCUT2D eigenvalue weighted by Crippen LogP contribution is 2.20. The third-order valence-corrected chi connectivity index (χ3v) is 4.78. The number of rotatable bonds is 5. The van der Waals surface area contributed by atoms with Crippen molar-refractivity contribution in [2.45, 2.75) is 51.6 Å². The van der Waals surface area contributed by atoms with Gasteiger partial charge in [0.1, 0.15) is 5.39 Å². The molecule has 2 aromatic rings. The Labute approximate surface area is 158 Å². The lowest BCUT2D eigenvalue weighted by Gasteiger charge is -2.32. The van der Waals surface area contributed by atoms with E-state index >= 15 is 0 Å². The Bertz CT molecular complexity index is 858. The molecule has 0 saturated carbocycles. The van der Waals surface area contributed by atoms with E-state index in [4.69, 9.17) is 4.74 Å². The Morgan fingerprint density at radius 3 is 2.70 bits per heavy atom. The Balaban J connectivity index is 1.69. The number of nitrogens with zero attached hydrogens (tertiary/aromatic N) is 4. The second-order valence-electron chi connectivity index (χ2n) is 7.92. The van der Waals surface area contributed by atoms with Crippen molar-refractivity contribution in [3.05, 3.63) is 16.6 Å². The summed E-state index contributed by atoms with van der Waals surface area (Å²) >= 11 is 0. The number of aromatic amines is 1. The number of methoxy groups -OCH3 is 1. The van der Waals surface area contributed by atoms with Crippen molar-refractivity contribution >= 4 is 22.9 Å². The molecule has 1 aliphatic heterocycles. The molecule has 1 amide bonds. The van der Waals surface area contributed by atoms with Gasteiger partial charge in [-0.3, -0.25) is 14.6 Å². The minimum Gasteiger partial charge on any atom is -0.384 e. The smallest absolute Gasteiger partial charge is 0.263 e. The van der Waals surface area contributed by atoms with Gasteiger partial charge in [0, 0.05) is 26.2 Å². The van der Waals surface area contributed by atoms with Crippen LogP contribution in [0.2, 0.25) is 0 Å². The molecule has 1 saturated heterocycles. The van der Waals surface area contributed by atoms with Crippen LogP contribution in [0, 0.1) is 0 Å². The summed E-state index contributed by atoms with van der Waals surface area (Å²) in [7, 11) is 1.60. The average Bonchev–Trinajstić information content (AvgIpc) is 3.05. The zero-order valence-corrected chi connectivity index (χ0v) is 16.4. The fourth-order valence-corrected chi connectivity index (χ4v) is 3.29. The van der Waals surface area contributed by atoms with Gasteiger partial charge in [-0.1, -0.05) is 0 Å². The largest absolute Gasteiger partial charge is 0.384 e. The Hall–Kier alpha value is -2.42. The number of hydrogen-bond donors (Lipinski definition) is 2. The van der Waals surface area contributed by atoms with Gasteiger partial charge in [-0.15, -0.1) is 0 Å². The van der Waals surface area contributed by atoms with Crippen molar-refractivity contribution in [1.82, 2.24) is 24.6 Å². The fourth-order valence-electron chi connectivity index (χ4n) is 3.29. The van der Waals surface area contributed by atoms with Gasteiger partial charge < -0.3 is 15.0 Å². The molecular formula is C18H28N6O3. The molecule has 1 aliphatic rings. The van der Waals surface area contributed by atoms with Crippen molar-refractivity contribution in [1.29, 1.82) is 0 Å². The van der Waals surface area contributed by atoms with Crippen molar-refractivity contribution in [2.75, 3.05) is 32.1 Å². The molecule has 27 heavy (non-hydrogen) atoms. The maximum Gasteiger partial charge on any atom is 0.263 e. The molecule has 0 aliphatic carbocycles. The summed E-state index contributed by atoms with van der Waals surface area (Å²) in [5.74, 6) is 0.569. The van der Waals surface area contributed by atoms with Crippen molar-refractivity contribution in [2.24, 2.45) is 0 Å². The van der Waals surface area contributed by atoms with Crippen LogP contribution in [0.15, 0.2) is 11.0 Å². The van der Waals surface area contributed by atoms with Crippen LogP contribution in [0.3, 0.4) is 0 Å². The van der Waals surface area contributed by atoms with E-state index in [-0.39, 0.29) is 23.0 Å². The molecule has 1 fully saturated rings. The molecule has 0 radical (unpaired) electrons. The summed E-state index contributed by atoms with van der Waals surface area (Å²) in [4.78, 5) is 33.7. The van der Waals surface area contributed by atoms with Crippen LogP contribution in [-0.4, -0.2) is 63.4 Å². The molecule has 0 bridgehead atoms. The number of carbonyl (C=O) groups is 1. The lowest BCUT2D eigenvalue weighted by molar-refractivity contribution is -0.133. The summed E-state index contributed by atoms with van der Waals surface area (Å²) in [6, 6.07) is 0.156. The Morgan fingerprint density at radius 1 is 1.37 bits per heavy atom. The molecule has 9 heteroatoms. The van der Waals surface area contributed by atoms with Crippen LogP contribution in [0.25, 0.3) is 11.0 Å². The van der Waals surface area contributed by atoms with Gasteiger partial charge in [0.05, 0.1) is 24.8 Å². The Kier molecular flexibility index (Phi) is 5.50. The zero-order chi connectivity index (χ0) is 19.6. The van der Waals surface area contributed by atoms with Gasteiger partial charge in [-0.2, -0.15) is 10.1 Å². The molecule has 0 atom stereocenters. The number of hydrogen-bond acceptors (Lipinski definition) is 6. The van der Waals surface area contributed by atoms with E-state index in [1.54, 1.807) is 18.0 Å². The van der Waals surface area contributed by atoms with Gasteiger partial charge in [0.15, 0.2) is 5.65 Å². The summed E-state index contributed by atoms with van der Waals surface area (Å²) in [6.07, 6.45) is 3.58. The maximum absolute atomic E-state index is 12.4. The summed E-state index contributed by atoms with van der Waals surface area (Å²) in [5, 5.41) is 8.12. The maximum atomic E-state index is 12.4. The molecule has 2 aromatic heterocycles.